The largest absolute Gasteiger partial charge is 0.393 e. The maximum absolute atomic E-state index is 9.47. The Hall–Kier alpha value is -0.980. The van der Waals surface area contributed by atoms with Crippen LogP contribution < -0.4 is 0 Å². The van der Waals surface area contributed by atoms with Gasteiger partial charge >= 0.3 is 0 Å². The predicted molar refractivity (Wildman–Crippen MR) is 60.6 cm³/mol. The first-order valence-electron chi connectivity index (χ1n) is 5.89. The van der Waals surface area contributed by atoms with Crippen molar-refractivity contribution in [2.45, 2.75) is 32.0 Å². The van der Waals surface area contributed by atoms with E-state index in [1.54, 1.807) is 6.92 Å². The molecule has 1 fully saturated rings. The van der Waals surface area contributed by atoms with Gasteiger partial charge in [0.25, 0.3) is 0 Å². The molecule has 6 nitrogen and oxygen atoms in total. The molecule has 0 aliphatic carbocycles. The molecule has 1 saturated heterocycles. The summed E-state index contributed by atoms with van der Waals surface area (Å²) in [5.74, 6) is 0.878. The van der Waals surface area contributed by atoms with Gasteiger partial charge in [-0.15, -0.1) is 0 Å². The predicted octanol–water partition coefficient (Wildman–Crippen LogP) is 0.557. The third kappa shape index (κ3) is 2.83. The van der Waals surface area contributed by atoms with Crippen molar-refractivity contribution in [3.8, 4) is 0 Å². The van der Waals surface area contributed by atoms with Crippen LogP contribution in [0.15, 0.2) is 4.52 Å². The van der Waals surface area contributed by atoms with Crippen LogP contribution in [0.4, 0.5) is 0 Å². The molecule has 1 aromatic rings. The van der Waals surface area contributed by atoms with Crippen molar-refractivity contribution in [1.82, 2.24) is 15.0 Å². The van der Waals surface area contributed by atoms with Crippen LogP contribution in [0, 0.1) is 0 Å². The minimum absolute atomic E-state index is 0.132. The van der Waals surface area contributed by atoms with E-state index in [1.807, 2.05) is 14.0 Å². The molecule has 0 spiro atoms. The molecule has 0 aromatic carbocycles. The highest BCUT2D eigenvalue weighted by Crippen LogP contribution is 2.22. The number of hydrogen-bond donors (Lipinski definition) is 1. The Bertz CT molecular complexity index is 367. The molecule has 0 amide bonds. The Morgan fingerprint density at radius 2 is 2.24 bits per heavy atom. The van der Waals surface area contributed by atoms with Crippen molar-refractivity contribution in [3.63, 3.8) is 0 Å². The molecule has 1 aliphatic rings. The Labute approximate surface area is 101 Å². The van der Waals surface area contributed by atoms with Crippen LogP contribution in [0.2, 0.25) is 0 Å². The van der Waals surface area contributed by atoms with Crippen LogP contribution in [0.25, 0.3) is 0 Å². The number of nitrogens with zero attached hydrogens (tertiary/aromatic N) is 3. The second-order valence-electron chi connectivity index (χ2n) is 4.64. The van der Waals surface area contributed by atoms with Crippen LogP contribution in [0.1, 0.15) is 37.6 Å². The van der Waals surface area contributed by atoms with Gasteiger partial charge in [0.05, 0.1) is 18.6 Å². The number of aliphatic hydroxyl groups excluding tert-OH is 1. The zero-order valence-electron chi connectivity index (χ0n) is 10.5. The number of aliphatic hydroxyl groups is 1. The van der Waals surface area contributed by atoms with Crippen LogP contribution in [-0.2, 0) is 4.74 Å². The summed E-state index contributed by atoms with van der Waals surface area (Å²) in [7, 11) is 2.04. The van der Waals surface area contributed by atoms with E-state index in [0.717, 1.165) is 13.1 Å². The van der Waals surface area contributed by atoms with Crippen molar-refractivity contribution in [3.05, 3.63) is 11.7 Å². The van der Waals surface area contributed by atoms with Crippen LogP contribution in [0.5, 0.6) is 0 Å². The van der Waals surface area contributed by atoms with E-state index in [-0.39, 0.29) is 12.0 Å². The lowest BCUT2D eigenvalue weighted by Gasteiger charge is -2.27. The van der Waals surface area contributed by atoms with Gasteiger partial charge in [0.1, 0.15) is 6.10 Å². The second kappa shape index (κ2) is 5.12. The highest BCUT2D eigenvalue weighted by Gasteiger charge is 2.26. The second-order valence-corrected chi connectivity index (χ2v) is 4.64. The zero-order valence-corrected chi connectivity index (χ0v) is 10.5. The third-order valence-corrected chi connectivity index (χ3v) is 3.13. The minimum atomic E-state index is -0.502. The SMILES string of the molecule is CC(O)C(C)c1nc(C2CN(C)CCO2)no1. The molecule has 0 bridgehead atoms. The van der Waals surface area contributed by atoms with Gasteiger partial charge in [-0.1, -0.05) is 12.1 Å². The molecule has 96 valence electrons. The van der Waals surface area contributed by atoms with Crippen molar-refractivity contribution in [2.24, 2.45) is 0 Å². The zero-order chi connectivity index (χ0) is 12.4. The van der Waals surface area contributed by atoms with Crippen molar-refractivity contribution < 1.29 is 14.4 Å². The number of ether oxygens (including phenoxy) is 1. The fourth-order valence-corrected chi connectivity index (χ4v) is 1.70. The first-order chi connectivity index (χ1) is 8.08. The first-order valence-corrected chi connectivity index (χ1v) is 5.89. The van der Waals surface area contributed by atoms with Crippen molar-refractivity contribution >= 4 is 0 Å². The van der Waals surface area contributed by atoms with E-state index in [0.29, 0.717) is 18.3 Å². The van der Waals surface area contributed by atoms with Gasteiger partial charge in [-0.3, -0.25) is 0 Å². The summed E-state index contributed by atoms with van der Waals surface area (Å²) in [5.41, 5.74) is 0. The Morgan fingerprint density at radius 3 is 2.88 bits per heavy atom. The standard InChI is InChI=1S/C11H19N3O3/c1-7(8(2)15)11-12-10(13-17-11)9-6-14(3)4-5-16-9/h7-9,15H,4-6H2,1-3H3. The summed E-state index contributed by atoms with van der Waals surface area (Å²) < 4.78 is 10.8. The number of likely N-dealkylation sites (N-methyl/N-ethyl adjacent to an activating group) is 1. The molecule has 3 unspecified atom stereocenters. The fourth-order valence-electron chi connectivity index (χ4n) is 1.70. The first kappa shape index (κ1) is 12.5. The normalized spacial score (nSPS) is 25.8. The van der Waals surface area contributed by atoms with Gasteiger partial charge in [0, 0.05) is 13.1 Å². The molecule has 3 atom stereocenters. The highest BCUT2D eigenvalue weighted by atomic mass is 16.5. The van der Waals surface area contributed by atoms with Gasteiger partial charge in [-0.05, 0) is 14.0 Å². The summed E-state index contributed by atoms with van der Waals surface area (Å²) in [4.78, 5) is 6.47. The van der Waals surface area contributed by atoms with E-state index in [2.05, 4.69) is 15.0 Å². The molecule has 2 heterocycles. The summed E-state index contributed by atoms with van der Waals surface area (Å²) in [6.45, 7) is 5.93. The molecule has 1 aromatic heterocycles. The van der Waals surface area contributed by atoms with Gasteiger partial charge < -0.3 is 19.3 Å². The van der Waals surface area contributed by atoms with Crippen LogP contribution >= 0.6 is 0 Å². The summed E-state index contributed by atoms with van der Waals surface area (Å²) in [6, 6.07) is 0. The van der Waals surface area contributed by atoms with Crippen molar-refractivity contribution in [1.29, 1.82) is 0 Å². The maximum Gasteiger partial charge on any atom is 0.232 e. The Kier molecular flexibility index (Phi) is 3.76. The lowest BCUT2D eigenvalue weighted by Crippen LogP contribution is -2.35. The molecule has 1 aliphatic heterocycles. The maximum atomic E-state index is 9.47. The van der Waals surface area contributed by atoms with E-state index in [9.17, 15) is 5.11 Å². The molecule has 1 N–H and O–H groups in total. The Morgan fingerprint density at radius 1 is 1.47 bits per heavy atom. The molecule has 2 rings (SSSR count). The smallest absolute Gasteiger partial charge is 0.232 e. The molecule has 0 radical (unpaired) electrons. The van der Waals surface area contributed by atoms with E-state index >= 15 is 0 Å². The van der Waals surface area contributed by atoms with Crippen molar-refractivity contribution in [2.75, 3.05) is 26.7 Å². The molecular weight excluding hydrogens is 222 g/mol. The number of morpholine rings is 1. The fraction of sp³-hybridized carbons (Fsp3) is 0.818. The van der Waals surface area contributed by atoms with E-state index in [4.69, 9.17) is 9.26 Å². The van der Waals surface area contributed by atoms with E-state index in [1.165, 1.54) is 0 Å². The number of aromatic nitrogens is 2. The van der Waals surface area contributed by atoms with Gasteiger partial charge in [-0.2, -0.15) is 4.98 Å². The summed E-state index contributed by atoms with van der Waals surface area (Å²) in [5, 5.41) is 13.4. The number of rotatable bonds is 3. The third-order valence-electron chi connectivity index (χ3n) is 3.13. The van der Waals surface area contributed by atoms with Crippen LogP contribution in [-0.4, -0.2) is 53.0 Å². The summed E-state index contributed by atoms with van der Waals surface area (Å²) in [6.07, 6.45) is -0.634. The lowest BCUT2D eigenvalue weighted by molar-refractivity contribution is -0.0264. The topological polar surface area (TPSA) is 71.6 Å². The summed E-state index contributed by atoms with van der Waals surface area (Å²) >= 11 is 0. The Balaban J connectivity index is 2.07. The van der Waals surface area contributed by atoms with E-state index < -0.39 is 6.10 Å². The minimum Gasteiger partial charge on any atom is -0.393 e. The number of hydrogen-bond acceptors (Lipinski definition) is 6. The quantitative estimate of drug-likeness (QED) is 0.833. The van der Waals surface area contributed by atoms with Crippen LogP contribution in [0.3, 0.4) is 0 Å². The highest BCUT2D eigenvalue weighted by molar-refractivity contribution is 4.98. The lowest BCUT2D eigenvalue weighted by atomic mass is 10.1. The average Bonchev–Trinajstić information content (AvgIpc) is 2.77. The van der Waals surface area contributed by atoms with Gasteiger partial charge in [0.15, 0.2) is 0 Å². The molecule has 17 heavy (non-hydrogen) atoms. The molecular formula is C11H19N3O3. The monoisotopic (exact) mass is 241 g/mol. The van der Waals surface area contributed by atoms with Gasteiger partial charge in [0.2, 0.25) is 11.7 Å². The molecule has 0 saturated carbocycles. The van der Waals surface area contributed by atoms with Gasteiger partial charge in [-0.25, -0.2) is 0 Å². The average molecular weight is 241 g/mol. The molecule has 6 heteroatoms.